The number of ether oxygens (including phenoxy) is 1. The van der Waals surface area contributed by atoms with Crippen molar-refractivity contribution in [3.05, 3.63) is 85.0 Å². The molecule has 5 N–H and O–H groups in total. The van der Waals surface area contributed by atoms with Crippen molar-refractivity contribution in [2.75, 3.05) is 12.4 Å². The van der Waals surface area contributed by atoms with Crippen LogP contribution in [0.2, 0.25) is 5.02 Å². The highest BCUT2D eigenvalue weighted by atomic mass is 35.5. The first-order valence-electron chi connectivity index (χ1n) is 11.0. The number of aliphatic imine (C=N–C) groups is 1. The number of carbonyl (C=O) groups is 2. The first-order valence-corrected chi connectivity index (χ1v) is 12.2. The van der Waals surface area contributed by atoms with Gasteiger partial charge >= 0.3 is 5.69 Å². The number of aryl methyl sites for hydroxylation is 1. The van der Waals surface area contributed by atoms with Gasteiger partial charge in [-0.05, 0) is 30.7 Å². The smallest absolute Gasteiger partial charge is 0.328 e. The van der Waals surface area contributed by atoms with Crippen LogP contribution in [0.1, 0.15) is 29.2 Å². The number of carbonyl (C=O) groups excluding carboxylic acids is 2. The number of aromatic amines is 2. The molecule has 11 nitrogen and oxygen atoms in total. The van der Waals surface area contributed by atoms with Crippen molar-refractivity contribution < 1.29 is 19.4 Å². The number of amides is 2. The minimum Gasteiger partial charge on any atom is -0.495 e. The van der Waals surface area contributed by atoms with Gasteiger partial charge < -0.3 is 20.5 Å². The molecule has 0 radical (unpaired) electrons. The number of rotatable bonds is 7. The van der Waals surface area contributed by atoms with Crippen molar-refractivity contribution in [1.82, 2.24) is 15.3 Å². The fourth-order valence-electron chi connectivity index (χ4n) is 3.66. The summed E-state index contributed by atoms with van der Waals surface area (Å²) in [6.45, 7) is 1.89. The average molecular weight is 544 g/mol. The maximum atomic E-state index is 12.7. The third-order valence-electron chi connectivity index (χ3n) is 5.45. The van der Waals surface area contributed by atoms with Crippen molar-refractivity contribution >= 4 is 46.0 Å². The molecule has 2 aromatic carbocycles. The zero-order chi connectivity index (χ0) is 26.7. The van der Waals surface area contributed by atoms with E-state index >= 15 is 0 Å². The Morgan fingerprint density at radius 1 is 1.19 bits per heavy atom. The Labute approximate surface area is 219 Å². The summed E-state index contributed by atoms with van der Waals surface area (Å²) >= 11 is 7.02. The van der Waals surface area contributed by atoms with Crippen LogP contribution in [0.15, 0.2) is 57.0 Å². The predicted octanol–water partition coefficient (Wildman–Crippen LogP) is 2.45. The number of thioether (sulfide) groups is 1. The molecule has 0 spiro atoms. The number of aromatic nitrogens is 2. The maximum absolute atomic E-state index is 12.7. The quantitative estimate of drug-likeness (QED) is 0.305. The van der Waals surface area contributed by atoms with E-state index in [1.807, 2.05) is 6.92 Å². The molecular formula is C24H22ClN5O6S. The van der Waals surface area contributed by atoms with Gasteiger partial charge in [0.1, 0.15) is 22.6 Å². The normalized spacial score (nSPS) is 16.9. The third-order valence-corrected chi connectivity index (χ3v) is 6.79. The predicted molar refractivity (Wildman–Crippen MR) is 141 cm³/mol. The highest BCUT2D eigenvalue weighted by Gasteiger charge is 2.34. The van der Waals surface area contributed by atoms with E-state index < -0.39 is 40.2 Å². The van der Waals surface area contributed by atoms with Crippen LogP contribution in [0.25, 0.3) is 0 Å². The largest absolute Gasteiger partial charge is 0.495 e. The Balaban J connectivity index is 1.59. The number of nitrogens with one attached hydrogen (secondary N) is 4. The molecular weight excluding hydrogens is 522 g/mol. The molecule has 2 amide bonds. The monoisotopic (exact) mass is 543 g/mol. The van der Waals surface area contributed by atoms with Crippen LogP contribution in [0, 0.1) is 6.92 Å². The fourth-order valence-corrected chi connectivity index (χ4v) is 4.83. The Hall–Kier alpha value is -4.03. The second-order valence-electron chi connectivity index (χ2n) is 8.11. The molecule has 13 heteroatoms. The summed E-state index contributed by atoms with van der Waals surface area (Å²) in [7, 11) is 1.46. The number of amidine groups is 1. The first kappa shape index (κ1) is 26.0. The lowest BCUT2D eigenvalue weighted by atomic mass is 10.00. The van der Waals surface area contributed by atoms with E-state index in [9.17, 15) is 24.3 Å². The topological polar surface area (TPSA) is 166 Å². The molecule has 1 aliphatic rings. The van der Waals surface area contributed by atoms with Crippen LogP contribution in [0.5, 0.6) is 11.6 Å². The molecule has 0 aliphatic carbocycles. The minimum absolute atomic E-state index is 0.152. The number of anilines is 1. The average Bonchev–Trinajstić information content (AvgIpc) is 3.16. The Morgan fingerprint density at radius 2 is 1.92 bits per heavy atom. The van der Waals surface area contributed by atoms with E-state index in [1.165, 1.54) is 13.2 Å². The standard InChI is InChI=1S/C24H22ClN5O6S/c1-11-3-5-12(6-4-11)19(18-21(33)28-23(35)29-22(18)34)27-24-30-20(32)16(37-24)10-17(31)26-14-9-13(25)7-8-15(14)36-2/h3-9,16,19H,10H2,1-2H3,(H,26,31)(H,27,30,32)(H3,28,29,33,34,35)/t16-,19-/m0/s1. The number of aromatic hydroxyl groups is 1. The van der Waals surface area contributed by atoms with Crippen molar-refractivity contribution in [3.8, 4) is 11.6 Å². The van der Waals surface area contributed by atoms with Crippen LogP contribution < -0.4 is 26.6 Å². The zero-order valence-electron chi connectivity index (χ0n) is 19.6. The Kier molecular flexibility index (Phi) is 7.69. The van der Waals surface area contributed by atoms with E-state index in [0.29, 0.717) is 22.0 Å². The summed E-state index contributed by atoms with van der Waals surface area (Å²) in [5.41, 5.74) is -0.0234. The van der Waals surface area contributed by atoms with Crippen LogP contribution in [0.3, 0.4) is 0 Å². The molecule has 192 valence electrons. The molecule has 1 aliphatic heterocycles. The molecule has 0 saturated carbocycles. The first-order chi connectivity index (χ1) is 17.6. The number of methoxy groups -OCH3 is 1. The van der Waals surface area contributed by atoms with Crippen LogP contribution in [-0.4, -0.2) is 44.4 Å². The SMILES string of the molecule is COc1ccc(Cl)cc1NC(=O)C[C@@H]1SC(=N[C@@H](c2ccc(C)cc2)c2c(O)[nH]c(=O)[nH]c2=O)NC1=O. The molecule has 1 fully saturated rings. The number of hydrogen-bond donors (Lipinski definition) is 5. The van der Waals surface area contributed by atoms with Gasteiger partial charge in [0.2, 0.25) is 17.7 Å². The number of benzene rings is 2. The fraction of sp³-hybridized carbons (Fsp3) is 0.208. The van der Waals surface area contributed by atoms with Gasteiger partial charge in [-0.1, -0.05) is 53.2 Å². The summed E-state index contributed by atoms with van der Waals surface area (Å²) in [5.74, 6) is -1.11. The molecule has 2 atom stereocenters. The molecule has 0 bridgehead atoms. The van der Waals surface area contributed by atoms with E-state index in [0.717, 1.165) is 17.3 Å². The molecule has 37 heavy (non-hydrogen) atoms. The summed E-state index contributed by atoms with van der Waals surface area (Å²) in [5, 5.41) is 15.4. The van der Waals surface area contributed by atoms with Crippen LogP contribution in [0.4, 0.5) is 5.69 Å². The van der Waals surface area contributed by atoms with E-state index in [-0.39, 0.29) is 17.2 Å². The van der Waals surface area contributed by atoms with Crippen molar-refractivity contribution in [2.45, 2.75) is 24.6 Å². The minimum atomic E-state index is -1.05. The maximum Gasteiger partial charge on any atom is 0.328 e. The van der Waals surface area contributed by atoms with Crippen LogP contribution >= 0.6 is 23.4 Å². The summed E-state index contributed by atoms with van der Waals surface area (Å²) in [4.78, 5) is 58.2. The van der Waals surface area contributed by atoms with Crippen molar-refractivity contribution in [3.63, 3.8) is 0 Å². The molecule has 1 saturated heterocycles. The molecule has 3 aromatic rings. The van der Waals surface area contributed by atoms with Gasteiger partial charge in [0, 0.05) is 11.4 Å². The Bertz CT molecular complexity index is 1500. The number of H-pyrrole nitrogens is 2. The molecule has 2 heterocycles. The van der Waals surface area contributed by atoms with Crippen LogP contribution in [-0.2, 0) is 9.59 Å². The van der Waals surface area contributed by atoms with Crippen molar-refractivity contribution in [1.29, 1.82) is 0 Å². The van der Waals surface area contributed by atoms with Gasteiger partial charge in [0.05, 0.1) is 12.8 Å². The van der Waals surface area contributed by atoms with Gasteiger partial charge in [-0.15, -0.1) is 0 Å². The second kappa shape index (κ2) is 10.9. The van der Waals surface area contributed by atoms with E-state index in [2.05, 4.69) is 25.6 Å². The number of hydrogen-bond acceptors (Lipinski definition) is 8. The van der Waals surface area contributed by atoms with Gasteiger partial charge in [0.15, 0.2) is 5.17 Å². The van der Waals surface area contributed by atoms with E-state index in [1.54, 1.807) is 36.4 Å². The summed E-state index contributed by atoms with van der Waals surface area (Å²) in [6, 6.07) is 10.8. The third kappa shape index (κ3) is 6.04. The van der Waals surface area contributed by atoms with Gasteiger partial charge in [-0.25, -0.2) is 9.79 Å². The van der Waals surface area contributed by atoms with Gasteiger partial charge in [-0.2, -0.15) is 0 Å². The summed E-state index contributed by atoms with van der Waals surface area (Å²) in [6.07, 6.45) is -0.176. The molecule has 1 aromatic heterocycles. The van der Waals surface area contributed by atoms with E-state index in [4.69, 9.17) is 16.3 Å². The second-order valence-corrected chi connectivity index (χ2v) is 9.74. The zero-order valence-corrected chi connectivity index (χ0v) is 21.2. The lowest BCUT2D eigenvalue weighted by molar-refractivity contribution is -0.122. The lowest BCUT2D eigenvalue weighted by Crippen LogP contribution is -2.29. The van der Waals surface area contributed by atoms with Gasteiger partial charge in [0.25, 0.3) is 5.56 Å². The highest BCUT2D eigenvalue weighted by molar-refractivity contribution is 8.15. The van der Waals surface area contributed by atoms with Gasteiger partial charge in [-0.3, -0.25) is 24.4 Å². The molecule has 4 rings (SSSR count). The molecule has 0 unspecified atom stereocenters. The lowest BCUT2D eigenvalue weighted by Gasteiger charge is -2.15. The van der Waals surface area contributed by atoms with Crippen molar-refractivity contribution in [2.24, 2.45) is 4.99 Å². The number of nitrogens with zero attached hydrogens (tertiary/aromatic N) is 1. The number of halogens is 1. The highest BCUT2D eigenvalue weighted by Crippen LogP contribution is 2.32. The summed E-state index contributed by atoms with van der Waals surface area (Å²) < 4.78 is 5.22. The Morgan fingerprint density at radius 3 is 2.59 bits per heavy atom.